The fraction of sp³-hybridized carbons (Fsp3) is 0.435. The molecule has 14 nitrogen and oxygen atoms in total. The smallest absolute Gasteiger partial charge is 0.453 e. The molecular formula is C46H54FeN8O6. The maximum Gasteiger partial charge on any atom is 2.00 e. The number of alkyl carbamates (subject to hydrolysis) is 2. The van der Waals surface area contributed by atoms with Gasteiger partial charge in [0.05, 0.1) is 14.2 Å². The molecule has 322 valence electrons. The molecule has 4 heterocycles. The summed E-state index contributed by atoms with van der Waals surface area (Å²) in [6.07, 6.45) is 16.7. The predicted molar refractivity (Wildman–Crippen MR) is 229 cm³/mol. The molecule has 0 spiro atoms. The third kappa shape index (κ3) is 9.95. The van der Waals surface area contributed by atoms with E-state index in [1.54, 1.807) is 9.80 Å². The number of amides is 4. The Kier molecular flexibility index (Phi) is 14.6. The molecule has 2 aromatic carbocycles. The van der Waals surface area contributed by atoms with Crippen LogP contribution in [-0.2, 0) is 36.1 Å². The number of nitrogens with zero attached hydrogens (tertiary/aromatic N) is 6. The van der Waals surface area contributed by atoms with Crippen LogP contribution in [0.3, 0.4) is 0 Å². The number of ether oxygens (including phenoxy) is 2. The summed E-state index contributed by atoms with van der Waals surface area (Å²) < 4.78 is 9.39. The maximum absolute atomic E-state index is 13.3. The predicted octanol–water partition coefficient (Wildman–Crippen LogP) is 7.16. The quantitative estimate of drug-likeness (QED) is 0.156. The van der Waals surface area contributed by atoms with E-state index in [0.717, 1.165) is 71.7 Å². The third-order valence-electron chi connectivity index (χ3n) is 11.6. The second-order valence-corrected chi connectivity index (χ2v) is 16.3. The van der Waals surface area contributed by atoms with Crippen LogP contribution in [0.4, 0.5) is 9.59 Å². The molecule has 0 radical (unpaired) electrons. The van der Waals surface area contributed by atoms with Crippen LogP contribution in [0.25, 0.3) is 33.2 Å². The topological polar surface area (TPSA) is 171 Å². The van der Waals surface area contributed by atoms with Crippen LogP contribution in [0.5, 0.6) is 0 Å². The van der Waals surface area contributed by atoms with Crippen molar-refractivity contribution in [1.29, 1.82) is 0 Å². The van der Waals surface area contributed by atoms with Gasteiger partial charge in [0, 0.05) is 25.2 Å². The van der Waals surface area contributed by atoms with Crippen LogP contribution in [0.1, 0.15) is 101 Å². The number of allylic oxidation sites excluding steroid dienone is 8. The standard InChI is InChI=1S/2C23H28N4O3.Fe/c2*1-14(2)20(26-23(29)30-3)22(28)27-12-6-9-19(27)21-24-17-11-10-16(13-18(17)25-21)15-7-4-5-8-15;/h2*4-5,7,10-11,13-14,19-20H,6,8-9,12H2,1-3H3,(H2,24,25,26,29);/q;;+2/p-2/t2*19-,20-;/m00./s1. The van der Waals surface area contributed by atoms with Crippen LogP contribution < -0.4 is 20.6 Å². The Morgan fingerprint density at radius 1 is 0.672 bits per heavy atom. The molecule has 2 aliphatic carbocycles. The van der Waals surface area contributed by atoms with Crippen LogP contribution >= 0.6 is 0 Å². The molecule has 2 N–H and O–H groups in total. The van der Waals surface area contributed by atoms with Gasteiger partial charge in [-0.3, -0.25) is 9.59 Å². The normalized spacial score (nSPS) is 19.1. The van der Waals surface area contributed by atoms with Crippen LogP contribution in [0, 0.1) is 11.8 Å². The number of benzene rings is 2. The molecule has 2 aromatic heterocycles. The van der Waals surface area contributed by atoms with E-state index in [0.29, 0.717) is 24.7 Å². The Morgan fingerprint density at radius 3 is 1.43 bits per heavy atom. The summed E-state index contributed by atoms with van der Waals surface area (Å²) in [5.74, 6) is 0.991. The molecule has 4 aromatic rings. The van der Waals surface area contributed by atoms with Crippen molar-refractivity contribution in [2.75, 3.05) is 27.3 Å². The minimum Gasteiger partial charge on any atom is -0.453 e. The molecule has 0 bridgehead atoms. The molecule has 4 amide bonds. The SMILES string of the molecule is COC(=O)N[C@H](C(=O)N1CCC[C@H]1c1nc2cc(C3=CC=CC3)ccc2[n-]1)C(C)C.COC(=O)N[C@H](C(=O)N1CCC[C@H]1c1nc2cc(C3=CC=CC3)ccc2[n-]1)C(C)C.[Fe+2]. The summed E-state index contributed by atoms with van der Waals surface area (Å²) in [4.78, 5) is 72.5. The molecular weight excluding hydrogens is 816 g/mol. The van der Waals surface area contributed by atoms with Crippen LogP contribution in [-0.4, -0.2) is 83.2 Å². The summed E-state index contributed by atoms with van der Waals surface area (Å²) >= 11 is 0. The molecule has 4 aliphatic rings. The van der Waals surface area contributed by atoms with Crippen molar-refractivity contribution < 1.29 is 45.7 Å². The number of nitrogens with one attached hydrogen (secondary N) is 2. The zero-order valence-electron chi connectivity index (χ0n) is 35.5. The molecule has 0 saturated carbocycles. The largest absolute Gasteiger partial charge is 2.00 e. The number of imidazole rings is 2. The van der Waals surface area contributed by atoms with E-state index in [1.807, 2.05) is 39.8 Å². The first-order valence-electron chi connectivity index (χ1n) is 20.9. The second kappa shape index (κ2) is 19.8. The third-order valence-corrected chi connectivity index (χ3v) is 11.6. The van der Waals surface area contributed by atoms with Gasteiger partial charge in [-0.1, -0.05) is 112 Å². The first-order valence-corrected chi connectivity index (χ1v) is 20.9. The van der Waals surface area contributed by atoms with E-state index in [4.69, 9.17) is 29.4 Å². The summed E-state index contributed by atoms with van der Waals surface area (Å²) in [5, 5.41) is 5.35. The molecule has 15 heteroatoms. The number of carbonyl (C=O) groups excluding carboxylic acids is 4. The summed E-state index contributed by atoms with van der Waals surface area (Å²) in [6, 6.07) is 10.6. The number of methoxy groups -OCH3 is 2. The number of rotatable bonds is 10. The van der Waals surface area contributed by atoms with Crippen molar-refractivity contribution in [3.63, 3.8) is 0 Å². The molecule has 2 saturated heterocycles. The van der Waals surface area contributed by atoms with Gasteiger partial charge < -0.3 is 49.8 Å². The van der Waals surface area contributed by atoms with Gasteiger partial charge in [0.1, 0.15) is 12.1 Å². The van der Waals surface area contributed by atoms with Crippen molar-refractivity contribution in [2.24, 2.45) is 11.8 Å². The Labute approximate surface area is 367 Å². The summed E-state index contributed by atoms with van der Waals surface area (Å²) in [5.41, 5.74) is 8.23. The van der Waals surface area contributed by atoms with Crippen LogP contribution in [0.2, 0.25) is 0 Å². The van der Waals surface area contributed by atoms with Gasteiger partial charge >= 0.3 is 29.3 Å². The first-order chi connectivity index (χ1) is 28.9. The van der Waals surface area contributed by atoms with Gasteiger partial charge in [0.25, 0.3) is 0 Å². The van der Waals surface area contributed by atoms with E-state index in [-0.39, 0.29) is 52.8 Å². The van der Waals surface area contributed by atoms with Crippen LogP contribution in [0.15, 0.2) is 72.9 Å². The summed E-state index contributed by atoms with van der Waals surface area (Å²) in [6.45, 7) is 8.89. The zero-order chi connectivity index (χ0) is 42.5. The van der Waals surface area contributed by atoms with Crippen molar-refractivity contribution in [3.05, 3.63) is 95.6 Å². The van der Waals surface area contributed by atoms with E-state index in [9.17, 15) is 19.2 Å². The fourth-order valence-electron chi connectivity index (χ4n) is 8.33. The molecule has 2 aliphatic heterocycles. The van der Waals surface area contributed by atoms with E-state index in [1.165, 1.54) is 25.4 Å². The molecule has 61 heavy (non-hydrogen) atoms. The fourth-order valence-corrected chi connectivity index (χ4v) is 8.33. The minimum atomic E-state index is -0.643. The Hall–Kier alpha value is -5.66. The molecule has 0 unspecified atom stereocenters. The monoisotopic (exact) mass is 870 g/mol. The molecule has 2 fully saturated rings. The number of hydrogen-bond acceptors (Lipinski definition) is 8. The number of fused-ring (bicyclic) bond motifs is 2. The Balaban J connectivity index is 0.000000201. The van der Waals surface area contributed by atoms with Crippen molar-refractivity contribution >= 4 is 57.2 Å². The van der Waals surface area contributed by atoms with Gasteiger partial charge in [-0.25, -0.2) is 9.59 Å². The zero-order valence-corrected chi connectivity index (χ0v) is 36.6. The summed E-state index contributed by atoms with van der Waals surface area (Å²) in [7, 11) is 2.59. The number of likely N-dealkylation sites (tertiary alicyclic amines) is 2. The first kappa shape index (κ1) is 44.9. The van der Waals surface area contributed by atoms with Gasteiger partial charge in [-0.05, 0) is 94.7 Å². The van der Waals surface area contributed by atoms with E-state index < -0.39 is 24.3 Å². The van der Waals surface area contributed by atoms with Crippen molar-refractivity contribution in [2.45, 2.75) is 90.4 Å². The maximum atomic E-state index is 13.3. The van der Waals surface area contributed by atoms with E-state index in [2.05, 4.69) is 71.4 Å². The number of carbonyl (C=O) groups is 4. The Morgan fingerprint density at radius 2 is 1.08 bits per heavy atom. The molecule has 4 atom stereocenters. The molecule has 8 rings (SSSR count). The van der Waals surface area contributed by atoms with E-state index >= 15 is 0 Å². The Bertz CT molecular complexity index is 2210. The van der Waals surface area contributed by atoms with Crippen molar-refractivity contribution in [1.82, 2.24) is 40.4 Å². The average molecular weight is 871 g/mol. The van der Waals surface area contributed by atoms with Gasteiger partial charge in [-0.15, -0.1) is 0 Å². The average Bonchev–Trinajstić information content (AvgIpc) is 4.10. The van der Waals surface area contributed by atoms with Gasteiger partial charge in [-0.2, -0.15) is 0 Å². The number of aromatic nitrogens is 4. The number of hydrogen-bond donors (Lipinski definition) is 2. The van der Waals surface area contributed by atoms with Gasteiger partial charge in [0.15, 0.2) is 0 Å². The second-order valence-electron chi connectivity index (χ2n) is 16.3. The van der Waals surface area contributed by atoms with Gasteiger partial charge in [0.2, 0.25) is 11.8 Å². The van der Waals surface area contributed by atoms with Crippen molar-refractivity contribution in [3.8, 4) is 0 Å². The minimum absolute atomic E-state index is 0.